The average molecular weight is 440 g/mol. The molecule has 0 aliphatic carbocycles. The molecule has 1 fully saturated rings. The Kier molecular flexibility index (Phi) is 5.52. The molecule has 2 aromatic carbocycles. The van der Waals surface area contributed by atoms with Crippen LogP contribution in [0.5, 0.6) is 11.5 Å². The van der Waals surface area contributed by atoms with Gasteiger partial charge in [-0.25, -0.2) is 4.98 Å². The summed E-state index contributed by atoms with van der Waals surface area (Å²) >= 11 is 0. The van der Waals surface area contributed by atoms with Crippen molar-refractivity contribution in [3.63, 3.8) is 0 Å². The molecule has 1 atom stereocenters. The van der Waals surface area contributed by atoms with E-state index in [1.807, 2.05) is 70.2 Å². The van der Waals surface area contributed by atoms with Crippen LogP contribution in [0.15, 0.2) is 79.5 Å². The third-order valence-corrected chi connectivity index (χ3v) is 5.99. The maximum atomic E-state index is 12.2. The average Bonchev–Trinajstić information content (AvgIpc) is 3.26. The van der Waals surface area contributed by atoms with E-state index in [-0.39, 0.29) is 11.9 Å². The largest absolute Gasteiger partial charge is 0.457 e. The monoisotopic (exact) mass is 439 g/mol. The van der Waals surface area contributed by atoms with Gasteiger partial charge in [0.25, 0.3) is 0 Å². The molecular formula is C26H25N5O2. The van der Waals surface area contributed by atoms with E-state index in [9.17, 15) is 4.79 Å². The second-order valence-electron chi connectivity index (χ2n) is 8.11. The summed E-state index contributed by atoms with van der Waals surface area (Å²) in [5, 5.41) is 5.79. The number of hydrogen-bond donors (Lipinski definition) is 1. The number of carbonyl (C=O) groups excluding carboxylic acids is 1. The van der Waals surface area contributed by atoms with E-state index in [2.05, 4.69) is 11.6 Å². The molecule has 33 heavy (non-hydrogen) atoms. The summed E-state index contributed by atoms with van der Waals surface area (Å²) in [6.45, 7) is 4.95. The molecule has 0 bridgehead atoms. The first-order chi connectivity index (χ1) is 16.1. The van der Waals surface area contributed by atoms with Crippen LogP contribution in [-0.2, 0) is 4.79 Å². The number of fused-ring (bicyclic) bond motifs is 1. The Morgan fingerprint density at radius 2 is 1.85 bits per heavy atom. The van der Waals surface area contributed by atoms with Gasteiger partial charge in [0, 0.05) is 24.8 Å². The van der Waals surface area contributed by atoms with Crippen LogP contribution in [0.25, 0.3) is 22.2 Å². The predicted octanol–water partition coefficient (Wildman–Crippen LogP) is 4.82. The molecule has 1 unspecified atom stereocenters. The molecule has 7 nitrogen and oxygen atoms in total. The van der Waals surface area contributed by atoms with Crippen LogP contribution in [-0.4, -0.2) is 38.7 Å². The minimum atomic E-state index is -0.0495. The zero-order valence-electron chi connectivity index (χ0n) is 18.2. The summed E-state index contributed by atoms with van der Waals surface area (Å²) in [6, 6.07) is 19.5. The third kappa shape index (κ3) is 4.05. The minimum absolute atomic E-state index is 0.0495. The van der Waals surface area contributed by atoms with Crippen molar-refractivity contribution in [1.82, 2.24) is 19.7 Å². The molecule has 1 saturated heterocycles. The molecular weight excluding hydrogens is 414 g/mol. The van der Waals surface area contributed by atoms with Crippen molar-refractivity contribution in [1.29, 1.82) is 0 Å². The topological polar surface area (TPSA) is 86.3 Å². The van der Waals surface area contributed by atoms with E-state index in [1.54, 1.807) is 6.20 Å². The summed E-state index contributed by atoms with van der Waals surface area (Å²) < 4.78 is 7.92. The van der Waals surface area contributed by atoms with Crippen molar-refractivity contribution in [3.8, 4) is 22.8 Å². The van der Waals surface area contributed by atoms with E-state index in [0.717, 1.165) is 53.0 Å². The van der Waals surface area contributed by atoms with Crippen molar-refractivity contribution in [3.05, 3.63) is 79.5 Å². The zero-order chi connectivity index (χ0) is 22.8. The van der Waals surface area contributed by atoms with Crippen LogP contribution in [0.3, 0.4) is 0 Å². The summed E-state index contributed by atoms with van der Waals surface area (Å²) in [6.07, 6.45) is 4.91. The number of ether oxygens (including phenoxy) is 1. The molecule has 166 valence electrons. The number of nitrogens with two attached hydrogens (primary N) is 1. The first kappa shape index (κ1) is 20.8. The molecule has 3 heterocycles. The normalized spacial score (nSPS) is 16.0. The van der Waals surface area contributed by atoms with E-state index in [0.29, 0.717) is 12.4 Å². The van der Waals surface area contributed by atoms with Gasteiger partial charge in [-0.3, -0.25) is 9.48 Å². The predicted molar refractivity (Wildman–Crippen MR) is 129 cm³/mol. The Bertz CT molecular complexity index is 1300. The second-order valence-corrected chi connectivity index (χ2v) is 8.11. The molecule has 7 heteroatoms. The SMILES string of the molecule is C=CC(=O)N1CCCC(n2nc(-c3ccc(Oc4ccccc4)cc3)c3c(N)nccc32)C1. The van der Waals surface area contributed by atoms with Crippen molar-refractivity contribution in [2.45, 2.75) is 18.9 Å². The maximum Gasteiger partial charge on any atom is 0.246 e. The number of rotatable bonds is 5. The number of benzene rings is 2. The number of nitrogens with zero attached hydrogens (tertiary/aromatic N) is 4. The molecule has 5 rings (SSSR count). The van der Waals surface area contributed by atoms with Gasteiger partial charge < -0.3 is 15.4 Å². The smallest absolute Gasteiger partial charge is 0.246 e. The van der Waals surface area contributed by atoms with Crippen LogP contribution in [0.4, 0.5) is 5.82 Å². The highest BCUT2D eigenvalue weighted by atomic mass is 16.5. The number of nitrogen functional groups attached to an aromatic ring is 1. The summed E-state index contributed by atoms with van der Waals surface area (Å²) in [5.41, 5.74) is 8.91. The van der Waals surface area contributed by atoms with Gasteiger partial charge >= 0.3 is 0 Å². The number of aromatic nitrogens is 3. The lowest BCUT2D eigenvalue weighted by Gasteiger charge is -2.32. The van der Waals surface area contributed by atoms with Crippen molar-refractivity contribution >= 4 is 22.6 Å². The lowest BCUT2D eigenvalue weighted by atomic mass is 10.1. The lowest BCUT2D eigenvalue weighted by molar-refractivity contribution is -0.127. The Morgan fingerprint density at radius 1 is 1.09 bits per heavy atom. The Morgan fingerprint density at radius 3 is 2.61 bits per heavy atom. The van der Waals surface area contributed by atoms with Gasteiger partial charge in [0.05, 0.1) is 16.9 Å². The zero-order valence-corrected chi connectivity index (χ0v) is 18.2. The van der Waals surface area contributed by atoms with Crippen LogP contribution in [0.2, 0.25) is 0 Å². The van der Waals surface area contributed by atoms with Gasteiger partial charge in [-0.2, -0.15) is 5.10 Å². The van der Waals surface area contributed by atoms with Gasteiger partial charge in [0.15, 0.2) is 0 Å². The molecule has 1 aliphatic rings. The summed E-state index contributed by atoms with van der Waals surface area (Å²) in [5.74, 6) is 1.91. The first-order valence-electron chi connectivity index (χ1n) is 11.0. The standard InChI is InChI=1S/C26H25N5O2/c1-2-23(32)30-16-6-7-19(17-30)31-22-14-15-28-26(27)24(22)25(29-31)18-10-12-21(13-11-18)33-20-8-4-3-5-9-20/h2-5,8-15,19H,1,6-7,16-17H2,(H2,27,28). The van der Waals surface area contributed by atoms with E-state index >= 15 is 0 Å². The van der Waals surface area contributed by atoms with Crippen molar-refractivity contribution in [2.75, 3.05) is 18.8 Å². The third-order valence-electron chi connectivity index (χ3n) is 5.99. The van der Waals surface area contributed by atoms with E-state index in [1.165, 1.54) is 6.08 Å². The van der Waals surface area contributed by atoms with E-state index in [4.69, 9.17) is 15.6 Å². The van der Waals surface area contributed by atoms with Gasteiger partial charge in [-0.05, 0) is 61.4 Å². The van der Waals surface area contributed by atoms with Crippen LogP contribution < -0.4 is 10.5 Å². The summed E-state index contributed by atoms with van der Waals surface area (Å²) in [7, 11) is 0. The highest BCUT2D eigenvalue weighted by molar-refractivity contribution is 6.00. The molecule has 0 radical (unpaired) electrons. The highest BCUT2D eigenvalue weighted by Crippen LogP contribution is 2.35. The van der Waals surface area contributed by atoms with Crippen molar-refractivity contribution < 1.29 is 9.53 Å². The van der Waals surface area contributed by atoms with Crippen LogP contribution >= 0.6 is 0 Å². The lowest BCUT2D eigenvalue weighted by Crippen LogP contribution is -2.40. The first-order valence-corrected chi connectivity index (χ1v) is 11.0. The maximum absolute atomic E-state index is 12.2. The number of para-hydroxylation sites is 1. The van der Waals surface area contributed by atoms with Crippen LogP contribution in [0.1, 0.15) is 18.9 Å². The number of anilines is 1. The van der Waals surface area contributed by atoms with Gasteiger partial charge in [0.2, 0.25) is 5.91 Å². The number of piperidine rings is 1. The fourth-order valence-corrected chi connectivity index (χ4v) is 4.38. The quantitative estimate of drug-likeness (QED) is 0.451. The number of amides is 1. The fourth-order valence-electron chi connectivity index (χ4n) is 4.38. The van der Waals surface area contributed by atoms with Crippen molar-refractivity contribution in [2.24, 2.45) is 0 Å². The number of likely N-dealkylation sites (tertiary alicyclic amines) is 1. The van der Waals surface area contributed by atoms with Gasteiger partial charge in [0.1, 0.15) is 23.0 Å². The highest BCUT2D eigenvalue weighted by Gasteiger charge is 2.27. The number of carbonyl (C=O) groups is 1. The molecule has 1 aliphatic heterocycles. The Hall–Kier alpha value is -4.13. The second kappa shape index (κ2) is 8.78. The van der Waals surface area contributed by atoms with E-state index < -0.39 is 0 Å². The van der Waals surface area contributed by atoms with Crippen LogP contribution in [0, 0.1) is 0 Å². The number of pyridine rings is 1. The fraction of sp³-hybridized carbons (Fsp3) is 0.192. The molecule has 0 saturated carbocycles. The molecule has 4 aromatic rings. The number of hydrogen-bond acceptors (Lipinski definition) is 5. The Balaban J connectivity index is 1.50. The molecule has 1 amide bonds. The molecule has 2 N–H and O–H groups in total. The Labute approximate surface area is 192 Å². The summed E-state index contributed by atoms with van der Waals surface area (Å²) in [4.78, 5) is 18.3. The molecule has 0 spiro atoms. The van der Waals surface area contributed by atoms with Gasteiger partial charge in [-0.15, -0.1) is 0 Å². The minimum Gasteiger partial charge on any atom is -0.457 e. The molecule has 2 aromatic heterocycles. The van der Waals surface area contributed by atoms with Gasteiger partial charge in [-0.1, -0.05) is 24.8 Å².